The highest BCUT2D eigenvalue weighted by Crippen LogP contribution is 2.32. The molecule has 12 heavy (non-hydrogen) atoms. The molecule has 1 rings (SSSR count). The van der Waals surface area contributed by atoms with Crippen molar-refractivity contribution >= 4 is 12.3 Å². The van der Waals surface area contributed by atoms with Crippen LogP contribution >= 0.6 is 0 Å². The monoisotopic (exact) mass is 172 g/mol. The fourth-order valence-electron chi connectivity index (χ4n) is 1.39. The first kappa shape index (κ1) is 9.19. The van der Waals surface area contributed by atoms with Crippen molar-refractivity contribution in [3.05, 3.63) is 0 Å². The molecule has 0 aromatic heterocycles. The summed E-state index contributed by atoms with van der Waals surface area (Å²) < 4.78 is 9.69. The minimum Gasteiger partial charge on any atom is -0.469 e. The van der Waals surface area contributed by atoms with Crippen LogP contribution in [0.2, 0.25) is 0 Å². The number of hydrogen-bond acceptors (Lipinski definition) is 4. The number of aldehydes is 1. The van der Waals surface area contributed by atoms with Crippen LogP contribution in [0, 0.1) is 5.41 Å². The highest BCUT2D eigenvalue weighted by Gasteiger charge is 2.42. The van der Waals surface area contributed by atoms with Crippen molar-refractivity contribution in [1.29, 1.82) is 0 Å². The summed E-state index contributed by atoms with van der Waals surface area (Å²) >= 11 is 0. The van der Waals surface area contributed by atoms with E-state index in [0.29, 0.717) is 19.6 Å². The minimum absolute atomic E-state index is 0.194. The number of rotatable bonds is 3. The van der Waals surface area contributed by atoms with E-state index in [4.69, 9.17) is 4.74 Å². The summed E-state index contributed by atoms with van der Waals surface area (Å²) in [6.07, 6.45) is 1.52. The van der Waals surface area contributed by atoms with Crippen LogP contribution in [0.5, 0.6) is 0 Å². The lowest BCUT2D eigenvalue weighted by Crippen LogP contribution is -2.33. The van der Waals surface area contributed by atoms with Gasteiger partial charge in [0.25, 0.3) is 0 Å². The van der Waals surface area contributed by atoms with Gasteiger partial charge in [0, 0.05) is 13.0 Å². The Balaban J connectivity index is 2.70. The number of carbonyl (C=O) groups excluding carboxylic acids is 2. The van der Waals surface area contributed by atoms with E-state index >= 15 is 0 Å². The second-order valence-electron chi connectivity index (χ2n) is 2.95. The predicted octanol–water partition coefficient (Wildman–Crippen LogP) is 0.155. The molecular weight excluding hydrogens is 160 g/mol. The summed E-state index contributed by atoms with van der Waals surface area (Å²) in [5.74, 6) is -0.341. The zero-order chi connectivity index (χ0) is 9.03. The van der Waals surface area contributed by atoms with Gasteiger partial charge in [0.15, 0.2) is 0 Å². The Bertz CT molecular complexity index is 181. The predicted molar refractivity (Wildman–Crippen MR) is 40.6 cm³/mol. The summed E-state index contributed by atoms with van der Waals surface area (Å²) in [6, 6.07) is 0. The van der Waals surface area contributed by atoms with E-state index in [9.17, 15) is 9.59 Å². The molecule has 1 saturated heterocycles. The zero-order valence-corrected chi connectivity index (χ0v) is 7.04. The fourth-order valence-corrected chi connectivity index (χ4v) is 1.39. The van der Waals surface area contributed by atoms with Crippen LogP contribution in [-0.4, -0.2) is 32.6 Å². The Morgan fingerprint density at radius 1 is 1.75 bits per heavy atom. The highest BCUT2D eigenvalue weighted by molar-refractivity contribution is 5.80. The summed E-state index contributed by atoms with van der Waals surface area (Å²) in [7, 11) is 1.33. The Labute approximate surface area is 70.8 Å². The lowest BCUT2D eigenvalue weighted by molar-refractivity contribution is -0.154. The van der Waals surface area contributed by atoms with Crippen LogP contribution < -0.4 is 0 Å². The molecule has 1 fully saturated rings. The van der Waals surface area contributed by atoms with Crippen molar-refractivity contribution in [2.45, 2.75) is 12.8 Å². The van der Waals surface area contributed by atoms with Gasteiger partial charge in [0.1, 0.15) is 6.29 Å². The lowest BCUT2D eigenvalue weighted by atomic mass is 9.84. The van der Waals surface area contributed by atoms with Gasteiger partial charge in [-0.15, -0.1) is 0 Å². The lowest BCUT2D eigenvalue weighted by Gasteiger charge is -2.20. The SMILES string of the molecule is COC(=O)C1(CC=O)CCOC1. The van der Waals surface area contributed by atoms with Gasteiger partial charge < -0.3 is 14.3 Å². The van der Waals surface area contributed by atoms with Crippen LogP contribution in [0.25, 0.3) is 0 Å². The Morgan fingerprint density at radius 3 is 2.92 bits per heavy atom. The Morgan fingerprint density at radius 2 is 2.50 bits per heavy atom. The molecule has 1 aliphatic rings. The first-order valence-electron chi connectivity index (χ1n) is 3.85. The van der Waals surface area contributed by atoms with E-state index in [2.05, 4.69) is 4.74 Å². The maximum atomic E-state index is 11.3. The maximum Gasteiger partial charge on any atom is 0.314 e. The maximum absolute atomic E-state index is 11.3. The van der Waals surface area contributed by atoms with E-state index in [0.717, 1.165) is 6.29 Å². The molecule has 0 radical (unpaired) electrons. The third-order valence-electron chi connectivity index (χ3n) is 2.20. The van der Waals surface area contributed by atoms with Crippen molar-refractivity contribution in [3.8, 4) is 0 Å². The van der Waals surface area contributed by atoms with Gasteiger partial charge in [-0.2, -0.15) is 0 Å². The average Bonchev–Trinajstić information content (AvgIpc) is 2.53. The number of methoxy groups -OCH3 is 1. The molecule has 4 nitrogen and oxygen atoms in total. The number of esters is 1. The molecule has 0 N–H and O–H groups in total. The number of ether oxygens (including phenoxy) is 2. The van der Waals surface area contributed by atoms with Crippen molar-refractivity contribution in [2.75, 3.05) is 20.3 Å². The Hall–Kier alpha value is -0.900. The van der Waals surface area contributed by atoms with Gasteiger partial charge in [0.05, 0.1) is 19.1 Å². The molecular formula is C8H12O4. The third-order valence-corrected chi connectivity index (χ3v) is 2.20. The number of carbonyl (C=O) groups is 2. The molecule has 0 aromatic carbocycles. The van der Waals surface area contributed by atoms with Gasteiger partial charge in [-0.05, 0) is 6.42 Å². The van der Waals surface area contributed by atoms with E-state index in [1.807, 2.05) is 0 Å². The minimum atomic E-state index is -0.698. The summed E-state index contributed by atoms with van der Waals surface area (Å²) in [4.78, 5) is 21.6. The third kappa shape index (κ3) is 1.48. The van der Waals surface area contributed by atoms with Crippen LogP contribution in [0.4, 0.5) is 0 Å². The molecule has 1 atom stereocenters. The molecule has 0 aliphatic carbocycles. The van der Waals surface area contributed by atoms with Gasteiger partial charge in [-0.3, -0.25) is 4.79 Å². The first-order chi connectivity index (χ1) is 5.75. The van der Waals surface area contributed by atoms with Crippen LogP contribution in [0.15, 0.2) is 0 Å². The molecule has 1 heterocycles. The second kappa shape index (κ2) is 3.67. The van der Waals surface area contributed by atoms with E-state index in [-0.39, 0.29) is 12.4 Å². The summed E-state index contributed by atoms with van der Waals surface area (Å²) in [5.41, 5.74) is -0.698. The first-order valence-corrected chi connectivity index (χ1v) is 3.85. The van der Waals surface area contributed by atoms with Gasteiger partial charge in [-0.1, -0.05) is 0 Å². The van der Waals surface area contributed by atoms with Crippen LogP contribution in [0.3, 0.4) is 0 Å². The van der Waals surface area contributed by atoms with Crippen LogP contribution in [-0.2, 0) is 19.1 Å². The van der Waals surface area contributed by atoms with Crippen LogP contribution in [0.1, 0.15) is 12.8 Å². The second-order valence-corrected chi connectivity index (χ2v) is 2.95. The van der Waals surface area contributed by atoms with E-state index in [1.54, 1.807) is 0 Å². The molecule has 0 saturated carbocycles. The molecule has 68 valence electrons. The van der Waals surface area contributed by atoms with Crippen molar-refractivity contribution < 1.29 is 19.1 Å². The standard InChI is InChI=1S/C8H12O4/c1-11-7(10)8(2-4-9)3-5-12-6-8/h4H,2-3,5-6H2,1H3. The Kier molecular flexibility index (Phi) is 2.81. The number of hydrogen-bond donors (Lipinski definition) is 0. The molecule has 0 amide bonds. The highest BCUT2D eigenvalue weighted by atomic mass is 16.5. The van der Waals surface area contributed by atoms with E-state index < -0.39 is 5.41 Å². The van der Waals surface area contributed by atoms with Crippen molar-refractivity contribution in [1.82, 2.24) is 0 Å². The molecule has 4 heteroatoms. The fraction of sp³-hybridized carbons (Fsp3) is 0.750. The summed E-state index contributed by atoms with van der Waals surface area (Å²) in [5, 5.41) is 0. The quantitative estimate of drug-likeness (QED) is 0.449. The summed E-state index contributed by atoms with van der Waals surface area (Å²) in [6.45, 7) is 0.835. The van der Waals surface area contributed by atoms with Crippen molar-refractivity contribution in [2.24, 2.45) is 5.41 Å². The molecule has 0 bridgehead atoms. The van der Waals surface area contributed by atoms with Gasteiger partial charge in [0.2, 0.25) is 0 Å². The zero-order valence-electron chi connectivity index (χ0n) is 7.04. The molecule has 0 spiro atoms. The smallest absolute Gasteiger partial charge is 0.314 e. The normalized spacial score (nSPS) is 28.4. The topological polar surface area (TPSA) is 52.6 Å². The van der Waals surface area contributed by atoms with Gasteiger partial charge in [-0.25, -0.2) is 0 Å². The molecule has 1 aliphatic heterocycles. The molecule has 1 unspecified atom stereocenters. The molecule has 0 aromatic rings. The van der Waals surface area contributed by atoms with Crippen molar-refractivity contribution in [3.63, 3.8) is 0 Å². The largest absolute Gasteiger partial charge is 0.469 e. The average molecular weight is 172 g/mol. The van der Waals surface area contributed by atoms with Gasteiger partial charge >= 0.3 is 5.97 Å². The van der Waals surface area contributed by atoms with E-state index in [1.165, 1.54) is 7.11 Å².